The maximum atomic E-state index is 12.6. The van der Waals surface area contributed by atoms with Crippen LogP contribution in [0.15, 0.2) is 54.6 Å². The summed E-state index contributed by atoms with van der Waals surface area (Å²) < 4.78 is 0. The number of nitrogens with zero attached hydrogens (tertiary/aromatic N) is 1. The molecule has 1 fully saturated rings. The lowest BCUT2D eigenvalue weighted by Crippen LogP contribution is -2.41. The molecule has 1 unspecified atom stereocenters. The summed E-state index contributed by atoms with van der Waals surface area (Å²) >= 11 is 6.01. The van der Waals surface area contributed by atoms with E-state index in [1.165, 1.54) is 0 Å². The summed E-state index contributed by atoms with van der Waals surface area (Å²) in [5.41, 5.74) is 1.52. The first-order chi connectivity index (χ1) is 11.1. The van der Waals surface area contributed by atoms with Gasteiger partial charge in [-0.25, -0.2) is 0 Å². The maximum absolute atomic E-state index is 12.6. The molecule has 3 nitrogen and oxygen atoms in total. The third-order valence-electron chi connectivity index (χ3n) is 4.40. The molecule has 0 spiro atoms. The number of carbonyl (C=O) groups excluding carboxylic acids is 1. The van der Waals surface area contributed by atoms with Crippen molar-refractivity contribution in [3.05, 3.63) is 70.7 Å². The van der Waals surface area contributed by atoms with Crippen molar-refractivity contribution in [3.63, 3.8) is 0 Å². The van der Waals surface area contributed by atoms with Gasteiger partial charge in [-0.05, 0) is 42.7 Å². The predicted molar refractivity (Wildman–Crippen MR) is 91.5 cm³/mol. The number of hydrogen-bond donors (Lipinski definition) is 1. The lowest BCUT2D eigenvalue weighted by Gasteiger charge is -2.35. The van der Waals surface area contributed by atoms with E-state index >= 15 is 0 Å². The average Bonchev–Trinajstić information content (AvgIpc) is 2.61. The molecule has 0 saturated carbocycles. The van der Waals surface area contributed by atoms with E-state index in [1.54, 1.807) is 12.1 Å². The molecule has 4 heteroatoms. The summed E-state index contributed by atoms with van der Waals surface area (Å²) in [5.74, 6) is 0.0727. The molecule has 3 rings (SSSR count). The molecule has 1 aliphatic rings. The van der Waals surface area contributed by atoms with Crippen LogP contribution < -0.4 is 0 Å². The number of rotatable bonds is 3. The SMILES string of the molecule is O=C(c1ccccc1)N1CCCC([C@@H](O)c2cccc(Cl)c2)C1. The Balaban J connectivity index is 1.72. The molecule has 0 bridgehead atoms. The summed E-state index contributed by atoms with van der Waals surface area (Å²) in [4.78, 5) is 14.4. The molecule has 1 aliphatic heterocycles. The molecule has 120 valence electrons. The number of piperidine rings is 1. The first-order valence-corrected chi connectivity index (χ1v) is 8.31. The van der Waals surface area contributed by atoms with Gasteiger partial charge in [0.2, 0.25) is 0 Å². The molecular formula is C19H20ClNO2. The molecule has 2 aromatic rings. The Hall–Kier alpha value is -1.84. The molecule has 23 heavy (non-hydrogen) atoms. The van der Waals surface area contributed by atoms with Crippen LogP contribution in [0.25, 0.3) is 0 Å². The van der Waals surface area contributed by atoms with E-state index in [4.69, 9.17) is 11.6 Å². The van der Waals surface area contributed by atoms with Gasteiger partial charge in [-0.2, -0.15) is 0 Å². The average molecular weight is 330 g/mol. The molecule has 2 aromatic carbocycles. The summed E-state index contributed by atoms with van der Waals surface area (Å²) in [6, 6.07) is 16.6. The zero-order chi connectivity index (χ0) is 16.2. The minimum absolute atomic E-state index is 0.0357. The van der Waals surface area contributed by atoms with Gasteiger partial charge < -0.3 is 10.0 Å². The Kier molecular flexibility index (Phi) is 4.99. The molecule has 1 N–H and O–H groups in total. The lowest BCUT2D eigenvalue weighted by molar-refractivity contribution is 0.0401. The van der Waals surface area contributed by atoms with Gasteiger partial charge >= 0.3 is 0 Å². The van der Waals surface area contributed by atoms with E-state index in [0.29, 0.717) is 17.1 Å². The fourth-order valence-electron chi connectivity index (χ4n) is 3.18. The minimum atomic E-state index is -0.597. The smallest absolute Gasteiger partial charge is 0.253 e. The first kappa shape index (κ1) is 16.0. The number of likely N-dealkylation sites (tertiary alicyclic amines) is 1. The predicted octanol–water partition coefficient (Wildman–Crippen LogP) is 3.93. The molecule has 0 aliphatic carbocycles. The Morgan fingerprint density at radius 1 is 1.17 bits per heavy atom. The highest BCUT2D eigenvalue weighted by atomic mass is 35.5. The number of aliphatic hydroxyl groups is 1. The van der Waals surface area contributed by atoms with Crippen molar-refractivity contribution in [2.24, 2.45) is 5.92 Å². The molecule has 0 aromatic heterocycles. The zero-order valence-electron chi connectivity index (χ0n) is 12.9. The molecular weight excluding hydrogens is 310 g/mol. The minimum Gasteiger partial charge on any atom is -0.388 e. The molecule has 0 radical (unpaired) electrons. The van der Waals surface area contributed by atoms with Crippen LogP contribution in [-0.2, 0) is 0 Å². The fraction of sp³-hybridized carbons (Fsp3) is 0.316. The van der Waals surface area contributed by atoms with E-state index in [9.17, 15) is 9.90 Å². The van der Waals surface area contributed by atoms with Crippen LogP contribution in [0.2, 0.25) is 5.02 Å². The van der Waals surface area contributed by atoms with Crippen molar-refractivity contribution >= 4 is 17.5 Å². The topological polar surface area (TPSA) is 40.5 Å². The monoisotopic (exact) mass is 329 g/mol. The highest BCUT2D eigenvalue weighted by Crippen LogP contribution is 2.31. The highest BCUT2D eigenvalue weighted by molar-refractivity contribution is 6.30. The van der Waals surface area contributed by atoms with E-state index in [2.05, 4.69) is 0 Å². The van der Waals surface area contributed by atoms with E-state index in [0.717, 1.165) is 24.9 Å². The number of halogens is 1. The second-order valence-electron chi connectivity index (χ2n) is 6.02. The van der Waals surface area contributed by atoms with Crippen LogP contribution >= 0.6 is 11.6 Å². The van der Waals surface area contributed by atoms with Crippen LogP contribution in [0.5, 0.6) is 0 Å². The van der Waals surface area contributed by atoms with Crippen LogP contribution in [0, 0.1) is 5.92 Å². The van der Waals surface area contributed by atoms with Crippen molar-refractivity contribution in [1.82, 2.24) is 4.90 Å². The fourth-order valence-corrected chi connectivity index (χ4v) is 3.38. The van der Waals surface area contributed by atoms with E-state index in [1.807, 2.05) is 47.4 Å². The van der Waals surface area contributed by atoms with Gasteiger partial charge in [-0.15, -0.1) is 0 Å². The molecule has 1 amide bonds. The number of amides is 1. The summed E-state index contributed by atoms with van der Waals surface area (Å²) in [7, 11) is 0. The lowest BCUT2D eigenvalue weighted by atomic mass is 9.88. The summed E-state index contributed by atoms with van der Waals surface area (Å²) in [6.45, 7) is 1.31. The van der Waals surface area contributed by atoms with Crippen LogP contribution in [-0.4, -0.2) is 29.0 Å². The van der Waals surface area contributed by atoms with Crippen molar-refractivity contribution in [1.29, 1.82) is 0 Å². The van der Waals surface area contributed by atoms with Gasteiger partial charge in [0, 0.05) is 29.6 Å². The number of carbonyl (C=O) groups is 1. The van der Waals surface area contributed by atoms with Gasteiger partial charge in [-0.1, -0.05) is 41.9 Å². The number of hydrogen-bond acceptors (Lipinski definition) is 2. The summed E-state index contributed by atoms with van der Waals surface area (Å²) in [6.07, 6.45) is 1.22. The van der Waals surface area contributed by atoms with Crippen molar-refractivity contribution in [2.45, 2.75) is 18.9 Å². The third-order valence-corrected chi connectivity index (χ3v) is 4.64. The van der Waals surface area contributed by atoms with Gasteiger partial charge in [0.1, 0.15) is 0 Å². The van der Waals surface area contributed by atoms with E-state index < -0.39 is 6.10 Å². The first-order valence-electron chi connectivity index (χ1n) is 7.93. The Bertz CT molecular complexity index is 674. The third kappa shape index (κ3) is 3.74. The summed E-state index contributed by atoms with van der Waals surface area (Å²) in [5, 5.41) is 11.3. The standard InChI is InChI=1S/C19H20ClNO2/c20-17-10-4-8-15(12-17)18(22)16-9-5-11-21(13-16)19(23)14-6-2-1-3-7-14/h1-4,6-8,10,12,16,18,22H,5,9,11,13H2/t16?,18-/m0/s1. The van der Waals surface area contributed by atoms with Gasteiger partial charge in [0.15, 0.2) is 0 Å². The largest absolute Gasteiger partial charge is 0.388 e. The molecule has 1 saturated heterocycles. The van der Waals surface area contributed by atoms with Gasteiger partial charge in [-0.3, -0.25) is 4.79 Å². The van der Waals surface area contributed by atoms with Gasteiger partial charge in [0.25, 0.3) is 5.91 Å². The normalized spacial score (nSPS) is 19.4. The van der Waals surface area contributed by atoms with Crippen LogP contribution in [0.4, 0.5) is 0 Å². The van der Waals surface area contributed by atoms with E-state index in [-0.39, 0.29) is 11.8 Å². The molecule has 2 atom stereocenters. The van der Waals surface area contributed by atoms with Crippen molar-refractivity contribution < 1.29 is 9.90 Å². The number of aliphatic hydroxyl groups excluding tert-OH is 1. The quantitative estimate of drug-likeness (QED) is 0.927. The maximum Gasteiger partial charge on any atom is 0.253 e. The second-order valence-corrected chi connectivity index (χ2v) is 6.46. The Morgan fingerprint density at radius 2 is 1.96 bits per heavy atom. The number of benzene rings is 2. The van der Waals surface area contributed by atoms with Crippen LogP contribution in [0.1, 0.15) is 34.9 Å². The van der Waals surface area contributed by atoms with Crippen molar-refractivity contribution in [3.8, 4) is 0 Å². The highest BCUT2D eigenvalue weighted by Gasteiger charge is 2.29. The van der Waals surface area contributed by atoms with Crippen molar-refractivity contribution in [2.75, 3.05) is 13.1 Å². The van der Waals surface area contributed by atoms with Gasteiger partial charge in [0.05, 0.1) is 6.10 Å². The Labute approximate surface area is 141 Å². The second kappa shape index (κ2) is 7.16. The van der Waals surface area contributed by atoms with Crippen LogP contribution in [0.3, 0.4) is 0 Å². The Morgan fingerprint density at radius 3 is 2.70 bits per heavy atom. The zero-order valence-corrected chi connectivity index (χ0v) is 13.6. The molecule has 1 heterocycles.